The Labute approximate surface area is 292 Å². The van der Waals surface area contributed by atoms with Crippen molar-refractivity contribution < 1.29 is 25.8 Å². The zero-order chi connectivity index (χ0) is 32.0. The fraction of sp³-hybridized carbons (Fsp3) is 0.146. The predicted octanol–water partition coefficient (Wildman–Crippen LogP) is 9.96. The van der Waals surface area contributed by atoms with E-state index in [0.717, 1.165) is 60.6 Å². The van der Waals surface area contributed by atoms with E-state index in [1.54, 1.807) is 0 Å². The van der Waals surface area contributed by atoms with Gasteiger partial charge < -0.3 is 13.5 Å². The second-order valence-corrected chi connectivity index (χ2v) is 13.4. The standard InChI is InChI=1S/C41H31N5O.Pt/c1-24-8-6-9-25(2)37(24)36-23-44-40-34-22-28(12-14-29(34)31-10-7-17-42-39(31)46(36)40)47-27-13-15-30-32-20-26(41(3,4)5)11-16-35(32)45-19-18-43-38(45)33(30)21-27;/h6-20,23H,1-5H3;/q-2;+2. The number of hydrogen-bond donors (Lipinski definition) is 0. The average Bonchev–Trinajstić information content (AvgIpc) is 3.73. The van der Waals surface area contributed by atoms with Gasteiger partial charge in [0.1, 0.15) is 5.65 Å². The van der Waals surface area contributed by atoms with Crippen molar-refractivity contribution >= 4 is 54.8 Å². The molecule has 236 valence electrons. The van der Waals surface area contributed by atoms with Gasteiger partial charge in [0, 0.05) is 47.4 Å². The van der Waals surface area contributed by atoms with E-state index < -0.39 is 0 Å². The SMILES string of the molecule is Cc1cccc(C)c1-c1cnc2c3[c-]c(Oc4[c-]c5c(cc4)c4cc(C(C)(C)C)ccc4n4ccnc54)ccc3c3cccnc3n12.[Pt+2]. The summed E-state index contributed by atoms with van der Waals surface area (Å²) in [4.78, 5) is 14.5. The van der Waals surface area contributed by atoms with E-state index in [1.807, 2.05) is 43.0 Å². The second kappa shape index (κ2) is 11.0. The van der Waals surface area contributed by atoms with E-state index in [2.05, 4.69) is 110 Å². The molecule has 6 nitrogen and oxygen atoms in total. The molecule has 9 aromatic rings. The minimum absolute atomic E-state index is 0. The van der Waals surface area contributed by atoms with Crippen LogP contribution < -0.4 is 4.74 Å². The van der Waals surface area contributed by atoms with Crippen LogP contribution in [0.1, 0.15) is 37.5 Å². The van der Waals surface area contributed by atoms with Crippen LogP contribution in [0.4, 0.5) is 0 Å². The first kappa shape index (κ1) is 30.3. The molecule has 0 aliphatic heterocycles. The van der Waals surface area contributed by atoms with E-state index in [4.69, 9.17) is 19.7 Å². The molecule has 0 unspecified atom stereocenters. The van der Waals surface area contributed by atoms with E-state index in [1.165, 1.54) is 22.1 Å². The zero-order valence-electron chi connectivity index (χ0n) is 27.2. The fourth-order valence-electron chi connectivity index (χ4n) is 7.02. The van der Waals surface area contributed by atoms with E-state index in [9.17, 15) is 0 Å². The molecule has 0 aliphatic carbocycles. The molecule has 0 atom stereocenters. The topological polar surface area (TPSA) is 56.7 Å². The Morgan fingerprint density at radius 2 is 1.35 bits per heavy atom. The van der Waals surface area contributed by atoms with E-state index in [0.29, 0.717) is 11.5 Å². The molecule has 0 fully saturated rings. The van der Waals surface area contributed by atoms with Crippen molar-refractivity contribution in [2.24, 2.45) is 0 Å². The van der Waals surface area contributed by atoms with Gasteiger partial charge >= 0.3 is 21.1 Å². The maximum Gasteiger partial charge on any atom is 2.00 e. The number of fused-ring (bicyclic) bond motifs is 12. The number of aryl methyl sites for hydroxylation is 2. The van der Waals surface area contributed by atoms with Crippen molar-refractivity contribution in [3.8, 4) is 22.8 Å². The molecular formula is C41H31N5OPt. The Bertz CT molecular complexity index is 2710. The van der Waals surface area contributed by atoms with Crippen LogP contribution in [0.25, 0.3) is 66.0 Å². The molecule has 0 aliphatic rings. The summed E-state index contributed by atoms with van der Waals surface area (Å²) in [6, 6.07) is 32.4. The summed E-state index contributed by atoms with van der Waals surface area (Å²) in [7, 11) is 0. The first-order valence-corrected chi connectivity index (χ1v) is 15.9. The third kappa shape index (κ3) is 4.54. The maximum atomic E-state index is 6.50. The molecule has 48 heavy (non-hydrogen) atoms. The van der Waals surface area contributed by atoms with Crippen LogP contribution in [0.2, 0.25) is 0 Å². The van der Waals surface area contributed by atoms with Crippen LogP contribution in [0.3, 0.4) is 0 Å². The molecule has 0 saturated carbocycles. The normalized spacial score (nSPS) is 12.1. The van der Waals surface area contributed by atoms with Crippen LogP contribution in [0.15, 0.2) is 97.6 Å². The van der Waals surface area contributed by atoms with Crippen molar-refractivity contribution in [1.82, 2.24) is 23.8 Å². The number of ether oxygens (including phenoxy) is 1. The monoisotopic (exact) mass is 804 g/mol. The Balaban J connectivity index is 0.00000336. The summed E-state index contributed by atoms with van der Waals surface area (Å²) in [6.07, 6.45) is 7.63. The summed E-state index contributed by atoms with van der Waals surface area (Å²) in [6.45, 7) is 11.0. The molecule has 0 bridgehead atoms. The van der Waals surface area contributed by atoms with Crippen LogP contribution in [0, 0.1) is 26.0 Å². The quantitative estimate of drug-likeness (QED) is 0.132. The smallest absolute Gasteiger partial charge is 0.497 e. The maximum absolute atomic E-state index is 6.50. The number of nitrogens with zero attached hydrogens (tertiary/aromatic N) is 5. The molecule has 0 amide bonds. The zero-order valence-corrected chi connectivity index (χ0v) is 29.5. The Morgan fingerprint density at radius 3 is 2.08 bits per heavy atom. The summed E-state index contributed by atoms with van der Waals surface area (Å²) in [5.41, 5.74) is 9.49. The van der Waals surface area contributed by atoms with Crippen molar-refractivity contribution in [3.63, 3.8) is 0 Å². The van der Waals surface area contributed by atoms with Gasteiger partial charge in [-0.2, -0.15) is 0 Å². The molecule has 4 aromatic carbocycles. The van der Waals surface area contributed by atoms with Gasteiger partial charge in [-0.1, -0.05) is 103 Å². The molecule has 7 heteroatoms. The van der Waals surface area contributed by atoms with Gasteiger partial charge in [0.15, 0.2) is 0 Å². The fourth-order valence-corrected chi connectivity index (χ4v) is 7.02. The number of imidazole rings is 2. The molecule has 5 aromatic heterocycles. The average molecular weight is 805 g/mol. The van der Waals surface area contributed by atoms with Gasteiger partial charge in [0.05, 0.1) is 17.0 Å². The molecule has 0 saturated heterocycles. The minimum Gasteiger partial charge on any atom is -0.497 e. The van der Waals surface area contributed by atoms with E-state index >= 15 is 0 Å². The van der Waals surface area contributed by atoms with Crippen LogP contribution in [0.5, 0.6) is 11.5 Å². The third-order valence-electron chi connectivity index (χ3n) is 9.35. The summed E-state index contributed by atoms with van der Waals surface area (Å²) in [5.74, 6) is 1.19. The molecule has 0 radical (unpaired) electrons. The summed E-state index contributed by atoms with van der Waals surface area (Å²) >= 11 is 0. The second-order valence-electron chi connectivity index (χ2n) is 13.4. The first-order valence-electron chi connectivity index (χ1n) is 15.9. The first-order chi connectivity index (χ1) is 22.8. The number of hydrogen-bond acceptors (Lipinski definition) is 4. The van der Waals surface area contributed by atoms with Gasteiger partial charge in [0.25, 0.3) is 0 Å². The number of rotatable bonds is 3. The molecule has 5 heterocycles. The van der Waals surface area contributed by atoms with Gasteiger partial charge in [0.2, 0.25) is 0 Å². The molecular weight excluding hydrogens is 774 g/mol. The molecule has 9 rings (SSSR count). The number of pyridine rings is 3. The third-order valence-corrected chi connectivity index (χ3v) is 9.35. The number of benzene rings is 4. The summed E-state index contributed by atoms with van der Waals surface area (Å²) < 4.78 is 10.8. The summed E-state index contributed by atoms with van der Waals surface area (Å²) in [5, 5.41) is 6.10. The molecule has 0 N–H and O–H groups in total. The van der Waals surface area contributed by atoms with Crippen molar-refractivity contribution in [2.75, 3.05) is 0 Å². The van der Waals surface area contributed by atoms with Gasteiger partial charge in [-0.3, -0.25) is 9.97 Å². The molecule has 0 spiro atoms. The van der Waals surface area contributed by atoms with Crippen LogP contribution in [-0.4, -0.2) is 23.8 Å². The Hall–Kier alpha value is -5.06. The van der Waals surface area contributed by atoms with Gasteiger partial charge in [-0.15, -0.1) is 12.1 Å². The number of aromatic nitrogens is 5. The predicted molar refractivity (Wildman–Crippen MR) is 190 cm³/mol. The largest absolute Gasteiger partial charge is 2.00 e. The Kier molecular flexibility index (Phi) is 6.94. The Morgan fingerprint density at radius 1 is 0.667 bits per heavy atom. The van der Waals surface area contributed by atoms with Gasteiger partial charge in [-0.25, -0.2) is 4.98 Å². The van der Waals surface area contributed by atoms with Crippen LogP contribution in [-0.2, 0) is 26.5 Å². The van der Waals surface area contributed by atoms with Crippen molar-refractivity contribution in [3.05, 3.63) is 126 Å². The van der Waals surface area contributed by atoms with Crippen molar-refractivity contribution in [2.45, 2.75) is 40.0 Å². The van der Waals surface area contributed by atoms with E-state index in [-0.39, 0.29) is 26.5 Å². The van der Waals surface area contributed by atoms with Crippen molar-refractivity contribution in [1.29, 1.82) is 0 Å². The van der Waals surface area contributed by atoms with Crippen LogP contribution >= 0.6 is 0 Å². The van der Waals surface area contributed by atoms with Gasteiger partial charge in [-0.05, 0) is 58.9 Å². The minimum atomic E-state index is 0.